The van der Waals surface area contributed by atoms with E-state index in [-0.39, 0.29) is 0 Å². The molecular formula is C18H16N6O2S. The van der Waals surface area contributed by atoms with Crippen LogP contribution in [0.4, 0.5) is 5.82 Å². The molecule has 0 saturated carbocycles. The summed E-state index contributed by atoms with van der Waals surface area (Å²) >= 11 is 1.59. The summed E-state index contributed by atoms with van der Waals surface area (Å²) in [6.45, 7) is 3.83. The van der Waals surface area contributed by atoms with E-state index in [1.165, 1.54) is 6.33 Å². The molecule has 1 aliphatic rings. The van der Waals surface area contributed by atoms with Gasteiger partial charge in [0.2, 0.25) is 0 Å². The zero-order valence-corrected chi connectivity index (χ0v) is 15.4. The molecule has 0 radical (unpaired) electrons. The lowest BCUT2D eigenvalue weighted by molar-refractivity contribution is 0.171. The fraction of sp³-hybridized carbons (Fsp3) is 0.222. The first-order chi connectivity index (χ1) is 13.3. The van der Waals surface area contributed by atoms with Crippen molar-refractivity contribution < 1.29 is 9.47 Å². The third kappa shape index (κ3) is 2.95. The van der Waals surface area contributed by atoms with Crippen LogP contribution in [0.5, 0.6) is 11.5 Å². The Hall–Kier alpha value is -3.20. The van der Waals surface area contributed by atoms with Gasteiger partial charge in [-0.15, -0.1) is 11.3 Å². The number of aromatic nitrogens is 5. The van der Waals surface area contributed by atoms with Crippen LogP contribution >= 0.6 is 11.3 Å². The van der Waals surface area contributed by atoms with Gasteiger partial charge in [-0.1, -0.05) is 6.07 Å². The third-order valence-corrected chi connectivity index (χ3v) is 5.29. The maximum atomic E-state index is 5.67. The van der Waals surface area contributed by atoms with Gasteiger partial charge in [-0.25, -0.2) is 4.98 Å². The zero-order chi connectivity index (χ0) is 18.2. The average molecular weight is 380 g/mol. The summed E-state index contributed by atoms with van der Waals surface area (Å²) in [7, 11) is 0. The van der Waals surface area contributed by atoms with Gasteiger partial charge in [-0.05, 0) is 35.6 Å². The second kappa shape index (κ2) is 6.51. The van der Waals surface area contributed by atoms with Crippen LogP contribution in [-0.2, 0) is 6.54 Å². The van der Waals surface area contributed by atoms with Crippen LogP contribution in [0.25, 0.3) is 16.2 Å². The SMILES string of the molecule is Cc1csc2nc(-n3cncn3)nc(NCc3ccc4c(c3)OCCO4)c12. The lowest BCUT2D eigenvalue weighted by Crippen LogP contribution is -2.15. The molecule has 9 heteroatoms. The minimum absolute atomic E-state index is 0.492. The molecule has 0 saturated heterocycles. The summed E-state index contributed by atoms with van der Waals surface area (Å²) < 4.78 is 12.8. The van der Waals surface area contributed by atoms with Gasteiger partial charge in [0.15, 0.2) is 11.5 Å². The number of hydrogen-bond acceptors (Lipinski definition) is 8. The molecule has 0 bridgehead atoms. The maximum Gasteiger partial charge on any atom is 0.255 e. The summed E-state index contributed by atoms with van der Waals surface area (Å²) in [5.41, 5.74) is 2.23. The lowest BCUT2D eigenvalue weighted by Gasteiger charge is -2.19. The van der Waals surface area contributed by atoms with E-state index in [2.05, 4.69) is 37.7 Å². The van der Waals surface area contributed by atoms with Gasteiger partial charge in [-0.3, -0.25) is 0 Å². The van der Waals surface area contributed by atoms with Crippen molar-refractivity contribution in [2.75, 3.05) is 18.5 Å². The molecule has 4 aromatic rings. The number of aryl methyl sites for hydroxylation is 1. The van der Waals surface area contributed by atoms with Gasteiger partial charge in [0.1, 0.15) is 36.5 Å². The Bertz CT molecular complexity index is 1110. The largest absolute Gasteiger partial charge is 0.486 e. The molecule has 0 amide bonds. The molecular weight excluding hydrogens is 364 g/mol. The Morgan fingerprint density at radius 3 is 2.93 bits per heavy atom. The quantitative estimate of drug-likeness (QED) is 0.582. The fourth-order valence-corrected chi connectivity index (χ4v) is 3.91. The van der Waals surface area contributed by atoms with Crippen molar-refractivity contribution in [1.29, 1.82) is 0 Å². The van der Waals surface area contributed by atoms with E-state index in [0.717, 1.165) is 38.7 Å². The second-order valence-corrected chi connectivity index (χ2v) is 7.00. The van der Waals surface area contributed by atoms with Gasteiger partial charge >= 0.3 is 0 Å². The summed E-state index contributed by atoms with van der Waals surface area (Å²) in [6.07, 6.45) is 3.06. The first-order valence-electron chi connectivity index (χ1n) is 8.51. The summed E-state index contributed by atoms with van der Waals surface area (Å²) in [5, 5.41) is 10.7. The predicted octanol–water partition coefficient (Wildman–Crippen LogP) is 2.96. The first kappa shape index (κ1) is 16.0. The number of fused-ring (bicyclic) bond motifs is 2. The summed E-state index contributed by atoms with van der Waals surface area (Å²) in [5.74, 6) is 2.84. The molecule has 0 unspecified atom stereocenters. The molecule has 0 aliphatic carbocycles. The molecule has 27 heavy (non-hydrogen) atoms. The van der Waals surface area contributed by atoms with E-state index in [4.69, 9.17) is 9.47 Å². The van der Waals surface area contributed by atoms with Crippen LogP contribution in [0.3, 0.4) is 0 Å². The second-order valence-electron chi connectivity index (χ2n) is 6.14. The van der Waals surface area contributed by atoms with Crippen molar-refractivity contribution >= 4 is 27.4 Å². The molecule has 1 aliphatic heterocycles. The number of ether oxygens (including phenoxy) is 2. The number of anilines is 1. The highest BCUT2D eigenvalue weighted by Gasteiger charge is 2.15. The minimum Gasteiger partial charge on any atom is -0.486 e. The average Bonchev–Trinajstić information content (AvgIpc) is 3.36. The van der Waals surface area contributed by atoms with Gasteiger partial charge < -0.3 is 14.8 Å². The smallest absolute Gasteiger partial charge is 0.255 e. The van der Waals surface area contributed by atoms with Crippen molar-refractivity contribution in [3.05, 3.63) is 47.4 Å². The number of thiophene rings is 1. The fourth-order valence-electron chi connectivity index (χ4n) is 3.00. The Kier molecular flexibility index (Phi) is 3.86. The molecule has 3 aromatic heterocycles. The summed E-state index contributed by atoms with van der Waals surface area (Å²) in [4.78, 5) is 14.2. The number of rotatable bonds is 4. The van der Waals surface area contributed by atoms with Crippen molar-refractivity contribution in [2.24, 2.45) is 0 Å². The maximum absolute atomic E-state index is 5.67. The van der Waals surface area contributed by atoms with Crippen LogP contribution < -0.4 is 14.8 Å². The molecule has 0 fully saturated rings. The van der Waals surface area contributed by atoms with Crippen LogP contribution in [0, 0.1) is 6.92 Å². The van der Waals surface area contributed by atoms with Crippen molar-refractivity contribution in [3.63, 3.8) is 0 Å². The number of benzene rings is 1. The van der Waals surface area contributed by atoms with Crippen LogP contribution in [0.15, 0.2) is 36.2 Å². The lowest BCUT2D eigenvalue weighted by atomic mass is 10.2. The number of nitrogens with zero attached hydrogens (tertiary/aromatic N) is 5. The topological polar surface area (TPSA) is 87.0 Å². The Morgan fingerprint density at radius 2 is 2.07 bits per heavy atom. The number of nitrogens with one attached hydrogen (secondary N) is 1. The Balaban J connectivity index is 1.48. The first-order valence-corrected chi connectivity index (χ1v) is 9.39. The standard InChI is InChI=1S/C18H16N6O2S/c1-11-8-27-17-15(11)16(22-18(23-17)24-10-19-9-21-24)20-7-12-2-3-13-14(6-12)26-5-4-25-13/h2-3,6,8-10H,4-5,7H2,1H3,(H,20,22,23). The van der Waals surface area contributed by atoms with Crippen molar-refractivity contribution in [1.82, 2.24) is 24.7 Å². The number of hydrogen-bond donors (Lipinski definition) is 1. The van der Waals surface area contributed by atoms with E-state index in [9.17, 15) is 0 Å². The molecule has 0 atom stereocenters. The molecule has 8 nitrogen and oxygen atoms in total. The molecule has 4 heterocycles. The van der Waals surface area contributed by atoms with Gasteiger partial charge in [0.25, 0.3) is 5.95 Å². The highest BCUT2D eigenvalue weighted by Crippen LogP contribution is 2.32. The monoisotopic (exact) mass is 380 g/mol. The highest BCUT2D eigenvalue weighted by atomic mass is 32.1. The Morgan fingerprint density at radius 1 is 1.19 bits per heavy atom. The molecule has 1 N–H and O–H groups in total. The Labute approximate surface area is 158 Å². The summed E-state index contributed by atoms with van der Waals surface area (Å²) in [6, 6.07) is 5.97. The normalized spacial score (nSPS) is 13.1. The zero-order valence-electron chi connectivity index (χ0n) is 14.5. The van der Waals surface area contributed by atoms with Gasteiger partial charge in [0, 0.05) is 6.54 Å². The van der Waals surface area contributed by atoms with E-state index in [1.807, 2.05) is 18.2 Å². The molecule has 1 aromatic carbocycles. The minimum atomic E-state index is 0.492. The predicted molar refractivity (Wildman–Crippen MR) is 102 cm³/mol. The van der Waals surface area contributed by atoms with Crippen LogP contribution in [0.1, 0.15) is 11.1 Å². The van der Waals surface area contributed by atoms with Crippen molar-refractivity contribution in [3.8, 4) is 17.4 Å². The molecule has 136 valence electrons. The third-order valence-electron chi connectivity index (χ3n) is 4.30. The van der Waals surface area contributed by atoms with Gasteiger partial charge in [0.05, 0.1) is 5.39 Å². The van der Waals surface area contributed by atoms with Crippen LogP contribution in [-0.4, -0.2) is 37.9 Å². The van der Waals surface area contributed by atoms with Gasteiger partial charge in [-0.2, -0.15) is 19.7 Å². The highest BCUT2D eigenvalue weighted by molar-refractivity contribution is 7.17. The van der Waals surface area contributed by atoms with E-state index in [1.54, 1.807) is 22.3 Å². The van der Waals surface area contributed by atoms with Crippen molar-refractivity contribution in [2.45, 2.75) is 13.5 Å². The van der Waals surface area contributed by atoms with E-state index < -0.39 is 0 Å². The molecule has 5 rings (SSSR count). The van der Waals surface area contributed by atoms with E-state index in [0.29, 0.717) is 25.7 Å². The molecule has 0 spiro atoms. The van der Waals surface area contributed by atoms with Crippen LogP contribution in [0.2, 0.25) is 0 Å². The van der Waals surface area contributed by atoms with E-state index >= 15 is 0 Å².